The molecule has 1 fully saturated rings. The maximum Gasteiger partial charge on any atom is 0.352 e. The van der Waals surface area contributed by atoms with Gasteiger partial charge in [0.2, 0.25) is 5.91 Å². The zero-order chi connectivity index (χ0) is 18.8. The summed E-state index contributed by atoms with van der Waals surface area (Å²) in [6.45, 7) is 9.73. The van der Waals surface area contributed by atoms with Gasteiger partial charge in [-0.2, -0.15) is 0 Å². The van der Waals surface area contributed by atoms with E-state index in [1.165, 1.54) is 9.56 Å². The van der Waals surface area contributed by atoms with E-state index in [9.17, 15) is 9.59 Å². The number of thiophene rings is 1. The summed E-state index contributed by atoms with van der Waals surface area (Å²) >= 11 is 1.63. The van der Waals surface area contributed by atoms with Gasteiger partial charge in [0.15, 0.2) is 5.65 Å². The Morgan fingerprint density at radius 3 is 2.62 bits per heavy atom. The fourth-order valence-corrected chi connectivity index (χ4v) is 4.22. The Kier molecular flexibility index (Phi) is 3.73. The first kappa shape index (κ1) is 17.2. The molecule has 0 atom stereocenters. The van der Waals surface area contributed by atoms with Crippen LogP contribution in [0, 0.1) is 13.8 Å². The topological polar surface area (TPSA) is 81.3 Å². The molecule has 0 spiro atoms. The van der Waals surface area contributed by atoms with Crippen LogP contribution in [-0.2, 0) is 11.3 Å². The Morgan fingerprint density at radius 2 is 2.00 bits per heavy atom. The molecule has 3 heterocycles. The summed E-state index contributed by atoms with van der Waals surface area (Å²) in [6, 6.07) is 0. The standard InChI is InChI=1S/C18H23N5O2S/c1-9-10(2)26-16-13(9)15-21-22(8-12(24)20-18(3,4)5)17(25)23(15)14(19-16)11-6-7-11/h11H,6-8H2,1-5H3,(H,20,24). The number of hydrogen-bond donors (Lipinski definition) is 1. The minimum absolute atomic E-state index is 0.0917. The summed E-state index contributed by atoms with van der Waals surface area (Å²) in [5.74, 6) is 0.864. The van der Waals surface area contributed by atoms with Crippen molar-refractivity contribution in [1.29, 1.82) is 0 Å². The second kappa shape index (κ2) is 5.64. The van der Waals surface area contributed by atoms with Gasteiger partial charge in [-0.05, 0) is 53.0 Å². The van der Waals surface area contributed by atoms with Gasteiger partial charge in [0.05, 0.1) is 5.39 Å². The number of carbonyl (C=O) groups excluding carboxylic acids is 1. The lowest BCUT2D eigenvalue weighted by Gasteiger charge is -2.20. The van der Waals surface area contributed by atoms with Crippen LogP contribution in [0.3, 0.4) is 0 Å². The van der Waals surface area contributed by atoms with Gasteiger partial charge in [0.1, 0.15) is 17.2 Å². The van der Waals surface area contributed by atoms with Crippen LogP contribution in [0.2, 0.25) is 0 Å². The molecule has 0 bridgehead atoms. The summed E-state index contributed by atoms with van der Waals surface area (Å²) in [7, 11) is 0. The molecule has 1 aliphatic carbocycles. The Balaban J connectivity index is 1.90. The SMILES string of the molecule is Cc1sc2nc(C3CC3)n3c(=O)n(CC(=O)NC(C)(C)C)nc3c2c1C. The fourth-order valence-electron chi connectivity index (χ4n) is 3.19. The van der Waals surface area contributed by atoms with Crippen molar-refractivity contribution in [3.05, 3.63) is 26.7 Å². The molecule has 0 aliphatic heterocycles. The minimum Gasteiger partial charge on any atom is -0.350 e. The largest absolute Gasteiger partial charge is 0.352 e. The summed E-state index contributed by atoms with van der Waals surface area (Å²) in [5.41, 5.74) is 1.08. The Labute approximate surface area is 155 Å². The highest BCUT2D eigenvalue weighted by atomic mass is 32.1. The fraction of sp³-hybridized carbons (Fsp3) is 0.556. The first-order valence-electron chi connectivity index (χ1n) is 8.86. The van der Waals surface area contributed by atoms with E-state index in [0.29, 0.717) is 11.6 Å². The van der Waals surface area contributed by atoms with Gasteiger partial charge in [-0.3, -0.25) is 4.79 Å². The van der Waals surface area contributed by atoms with Crippen molar-refractivity contribution in [2.24, 2.45) is 0 Å². The average molecular weight is 373 g/mol. The molecule has 1 amide bonds. The lowest BCUT2D eigenvalue weighted by atomic mass is 10.1. The number of hydrogen-bond acceptors (Lipinski definition) is 5. The highest BCUT2D eigenvalue weighted by molar-refractivity contribution is 7.18. The Bertz CT molecular complexity index is 1100. The molecule has 7 nitrogen and oxygen atoms in total. The van der Waals surface area contributed by atoms with E-state index < -0.39 is 0 Å². The van der Waals surface area contributed by atoms with E-state index in [1.807, 2.05) is 27.7 Å². The second-order valence-corrected chi connectivity index (χ2v) is 9.31. The number of amides is 1. The smallest absolute Gasteiger partial charge is 0.350 e. The minimum atomic E-state index is -0.352. The molecule has 4 rings (SSSR count). The van der Waals surface area contributed by atoms with Gasteiger partial charge in [-0.1, -0.05) is 0 Å². The lowest BCUT2D eigenvalue weighted by molar-refractivity contribution is -0.123. The van der Waals surface area contributed by atoms with E-state index in [1.54, 1.807) is 15.7 Å². The molecule has 0 unspecified atom stereocenters. The van der Waals surface area contributed by atoms with E-state index in [2.05, 4.69) is 17.3 Å². The van der Waals surface area contributed by atoms with Crippen molar-refractivity contribution in [2.45, 2.75) is 65.5 Å². The quantitative estimate of drug-likeness (QED) is 0.765. The van der Waals surface area contributed by atoms with Crippen LogP contribution in [-0.4, -0.2) is 30.6 Å². The molecule has 0 saturated heterocycles. The van der Waals surface area contributed by atoms with Crippen LogP contribution in [0.4, 0.5) is 0 Å². The average Bonchev–Trinajstić information content (AvgIpc) is 3.25. The Hall–Kier alpha value is -2.22. The van der Waals surface area contributed by atoms with Crippen LogP contribution in [0.5, 0.6) is 0 Å². The van der Waals surface area contributed by atoms with Crippen LogP contribution in [0.25, 0.3) is 15.9 Å². The summed E-state index contributed by atoms with van der Waals surface area (Å²) < 4.78 is 2.87. The number of carbonyl (C=O) groups is 1. The lowest BCUT2D eigenvalue weighted by Crippen LogP contribution is -2.43. The molecule has 26 heavy (non-hydrogen) atoms. The normalized spacial score (nSPS) is 15.1. The number of aryl methyl sites for hydroxylation is 2. The third-order valence-corrected chi connectivity index (χ3v) is 5.73. The zero-order valence-electron chi connectivity index (χ0n) is 15.7. The van der Waals surface area contributed by atoms with Crippen molar-refractivity contribution in [3.63, 3.8) is 0 Å². The van der Waals surface area contributed by atoms with Gasteiger partial charge in [-0.15, -0.1) is 16.4 Å². The third-order valence-electron chi connectivity index (χ3n) is 4.63. The van der Waals surface area contributed by atoms with Crippen molar-refractivity contribution >= 4 is 33.1 Å². The van der Waals surface area contributed by atoms with Crippen LogP contribution < -0.4 is 11.0 Å². The van der Waals surface area contributed by atoms with Gasteiger partial charge >= 0.3 is 5.69 Å². The van der Waals surface area contributed by atoms with E-state index in [0.717, 1.165) is 34.4 Å². The summed E-state index contributed by atoms with van der Waals surface area (Å²) in [5, 5.41) is 8.33. The number of nitrogens with zero attached hydrogens (tertiary/aromatic N) is 4. The van der Waals surface area contributed by atoms with Crippen LogP contribution >= 0.6 is 11.3 Å². The van der Waals surface area contributed by atoms with Gasteiger partial charge in [0.25, 0.3) is 0 Å². The number of nitrogens with one attached hydrogen (secondary N) is 1. The molecule has 0 aromatic carbocycles. The third kappa shape index (κ3) is 2.82. The Morgan fingerprint density at radius 1 is 1.31 bits per heavy atom. The zero-order valence-corrected chi connectivity index (χ0v) is 16.5. The maximum absolute atomic E-state index is 13.0. The number of fused-ring (bicyclic) bond motifs is 3. The van der Waals surface area contributed by atoms with Crippen molar-refractivity contribution < 1.29 is 4.79 Å². The summed E-state index contributed by atoms with van der Waals surface area (Å²) in [6.07, 6.45) is 2.08. The van der Waals surface area contributed by atoms with Gasteiger partial charge < -0.3 is 5.32 Å². The molecular formula is C18H23N5O2S. The highest BCUT2D eigenvalue weighted by Crippen LogP contribution is 2.41. The molecule has 1 saturated carbocycles. The number of rotatable bonds is 3. The maximum atomic E-state index is 13.0. The van der Waals surface area contributed by atoms with E-state index in [-0.39, 0.29) is 23.7 Å². The van der Waals surface area contributed by atoms with Gasteiger partial charge in [0, 0.05) is 16.3 Å². The summed E-state index contributed by atoms with van der Waals surface area (Å²) in [4.78, 5) is 32.2. The predicted molar refractivity (Wildman–Crippen MR) is 102 cm³/mol. The van der Waals surface area contributed by atoms with Crippen LogP contribution in [0.15, 0.2) is 4.79 Å². The first-order valence-corrected chi connectivity index (χ1v) is 9.67. The first-order chi connectivity index (χ1) is 12.2. The molecule has 138 valence electrons. The molecule has 3 aromatic rings. The molecule has 8 heteroatoms. The van der Waals surface area contributed by atoms with Crippen LogP contribution in [0.1, 0.15) is 55.8 Å². The van der Waals surface area contributed by atoms with Crippen molar-refractivity contribution in [1.82, 2.24) is 24.5 Å². The molecule has 1 N–H and O–H groups in total. The van der Waals surface area contributed by atoms with E-state index in [4.69, 9.17) is 4.98 Å². The molecular weight excluding hydrogens is 350 g/mol. The van der Waals surface area contributed by atoms with E-state index >= 15 is 0 Å². The van der Waals surface area contributed by atoms with Gasteiger partial charge in [-0.25, -0.2) is 18.9 Å². The highest BCUT2D eigenvalue weighted by Gasteiger charge is 2.31. The molecule has 1 aliphatic rings. The monoisotopic (exact) mass is 373 g/mol. The predicted octanol–water partition coefficient (Wildman–Crippen LogP) is 2.51. The molecule has 0 radical (unpaired) electrons. The number of aromatic nitrogens is 4. The second-order valence-electron chi connectivity index (χ2n) is 8.11. The van der Waals surface area contributed by atoms with Crippen molar-refractivity contribution in [3.8, 4) is 0 Å². The van der Waals surface area contributed by atoms with Crippen molar-refractivity contribution in [2.75, 3.05) is 0 Å². The molecule has 3 aromatic heterocycles.